The smallest absolute Gasteiger partial charge is 0.0876 e. The van der Waals surface area contributed by atoms with Crippen LogP contribution in [0, 0.1) is 0 Å². The van der Waals surface area contributed by atoms with Gasteiger partial charge in [0.15, 0.2) is 0 Å². The molecule has 19 heavy (non-hydrogen) atoms. The van der Waals surface area contributed by atoms with Gasteiger partial charge in [0.05, 0.1) is 26.2 Å². The molecular weight excluding hydrogens is 320 g/mol. The van der Waals surface area contributed by atoms with Crippen molar-refractivity contribution >= 4 is 12.6 Å². The minimum atomic E-state index is 0. The van der Waals surface area contributed by atoms with Gasteiger partial charge in [-0.25, -0.2) is 0 Å². The van der Waals surface area contributed by atoms with Crippen LogP contribution in [0.3, 0.4) is 0 Å². The highest BCUT2D eigenvalue weighted by molar-refractivity contribution is 7.80. The topological polar surface area (TPSA) is 26.0 Å². The molecule has 0 spiro atoms. The Morgan fingerprint density at radius 3 is 1.95 bits per heavy atom. The molecule has 2 N–H and O–H groups in total. The molecule has 0 unspecified atom stereocenters. The Labute approximate surface area is 136 Å². The van der Waals surface area contributed by atoms with E-state index in [1.807, 2.05) is 0 Å². The molecule has 1 aliphatic rings. The first-order chi connectivity index (χ1) is 8.83. The summed E-state index contributed by atoms with van der Waals surface area (Å²) in [7, 11) is 0. The van der Waals surface area contributed by atoms with E-state index in [2.05, 4.69) is 12.6 Å². The molecule has 1 heterocycles. The summed E-state index contributed by atoms with van der Waals surface area (Å²) in [5.74, 6) is 1.05. The lowest BCUT2D eigenvalue weighted by Crippen LogP contribution is -3.00. The number of nitrogens with two attached hydrogens (primary N) is 1. The maximum atomic E-state index is 5.51. The van der Waals surface area contributed by atoms with Crippen molar-refractivity contribution in [2.75, 3.05) is 38.5 Å². The van der Waals surface area contributed by atoms with Gasteiger partial charge in [-0.15, -0.1) is 0 Å². The van der Waals surface area contributed by atoms with E-state index in [1.165, 1.54) is 88.4 Å². The van der Waals surface area contributed by atoms with Crippen LogP contribution in [-0.4, -0.2) is 43.0 Å². The van der Waals surface area contributed by atoms with Crippen molar-refractivity contribution in [2.24, 2.45) is 5.73 Å². The summed E-state index contributed by atoms with van der Waals surface area (Å²) in [6.45, 7) is 6.37. The second-order valence-corrected chi connectivity index (χ2v) is 6.38. The molecular formula is C15H33BrN2S. The predicted octanol–water partition coefficient (Wildman–Crippen LogP) is 0.220. The van der Waals surface area contributed by atoms with Gasteiger partial charge in [0.2, 0.25) is 0 Å². The van der Waals surface area contributed by atoms with E-state index in [-0.39, 0.29) is 17.0 Å². The molecule has 0 aromatic carbocycles. The Bertz CT molecular complexity index is 191. The van der Waals surface area contributed by atoms with E-state index in [1.54, 1.807) is 0 Å². The first-order valence-corrected chi connectivity index (χ1v) is 8.62. The van der Waals surface area contributed by atoms with Gasteiger partial charge in [-0.3, -0.25) is 0 Å². The average molecular weight is 353 g/mol. The van der Waals surface area contributed by atoms with Crippen molar-refractivity contribution in [2.45, 2.75) is 57.8 Å². The van der Waals surface area contributed by atoms with Crippen molar-refractivity contribution < 1.29 is 21.5 Å². The number of piperidine rings is 1. The van der Waals surface area contributed by atoms with Gasteiger partial charge in [0.25, 0.3) is 0 Å². The highest BCUT2D eigenvalue weighted by atomic mass is 79.9. The molecule has 4 heteroatoms. The van der Waals surface area contributed by atoms with Crippen molar-refractivity contribution in [3.63, 3.8) is 0 Å². The lowest BCUT2D eigenvalue weighted by Gasteiger charge is -2.41. The van der Waals surface area contributed by atoms with E-state index in [0.717, 1.165) is 12.3 Å². The van der Waals surface area contributed by atoms with Crippen LogP contribution in [-0.2, 0) is 0 Å². The third kappa shape index (κ3) is 8.59. The Balaban J connectivity index is 0.00000324. The second-order valence-electron chi connectivity index (χ2n) is 5.93. The highest BCUT2D eigenvalue weighted by Crippen LogP contribution is 2.20. The van der Waals surface area contributed by atoms with Crippen LogP contribution in [0.2, 0.25) is 0 Å². The molecule has 0 aromatic rings. The van der Waals surface area contributed by atoms with E-state index < -0.39 is 0 Å². The number of unbranched alkanes of at least 4 members (excludes halogenated alkanes) is 5. The standard InChI is InChI=1S/C15H32N2S.BrH/c16-10-6-3-1-2-4-7-11-17(14-15-18)12-8-5-9-13-17;/h1-16H2;1H. The summed E-state index contributed by atoms with van der Waals surface area (Å²) in [6.07, 6.45) is 12.5. The monoisotopic (exact) mass is 352 g/mol. The first-order valence-electron chi connectivity index (χ1n) is 7.99. The normalized spacial score (nSPS) is 18.0. The molecule has 0 aliphatic carbocycles. The van der Waals surface area contributed by atoms with Gasteiger partial charge in [-0.2, -0.15) is 12.6 Å². The molecule has 2 nitrogen and oxygen atoms in total. The minimum absolute atomic E-state index is 0. The summed E-state index contributed by atoms with van der Waals surface area (Å²) >= 11 is 4.46. The lowest BCUT2D eigenvalue weighted by molar-refractivity contribution is -0.930. The van der Waals surface area contributed by atoms with Gasteiger partial charge < -0.3 is 27.2 Å². The molecule has 116 valence electrons. The largest absolute Gasteiger partial charge is 1.00 e. The molecule has 0 saturated carbocycles. The molecule has 1 aliphatic heterocycles. The van der Waals surface area contributed by atoms with Gasteiger partial charge in [-0.05, 0) is 45.1 Å². The Morgan fingerprint density at radius 1 is 0.789 bits per heavy atom. The van der Waals surface area contributed by atoms with Crippen LogP contribution >= 0.6 is 12.6 Å². The number of thiol groups is 1. The highest BCUT2D eigenvalue weighted by Gasteiger charge is 2.28. The maximum Gasteiger partial charge on any atom is 0.0876 e. The fourth-order valence-corrected chi connectivity index (χ4v) is 3.68. The van der Waals surface area contributed by atoms with Crippen LogP contribution in [0.15, 0.2) is 0 Å². The van der Waals surface area contributed by atoms with E-state index in [4.69, 9.17) is 5.73 Å². The van der Waals surface area contributed by atoms with Gasteiger partial charge in [0.1, 0.15) is 0 Å². The van der Waals surface area contributed by atoms with Crippen molar-refractivity contribution in [1.29, 1.82) is 0 Å². The van der Waals surface area contributed by atoms with Crippen LogP contribution in [0.25, 0.3) is 0 Å². The van der Waals surface area contributed by atoms with Crippen LogP contribution < -0.4 is 22.7 Å². The number of hydrogen-bond donors (Lipinski definition) is 2. The first kappa shape index (κ1) is 19.8. The molecule has 0 amide bonds. The molecule has 0 bridgehead atoms. The Hall–Kier alpha value is 0.750. The summed E-state index contributed by atoms with van der Waals surface area (Å²) in [6, 6.07) is 0. The number of nitrogens with zero attached hydrogens (tertiary/aromatic N) is 1. The Morgan fingerprint density at radius 2 is 1.37 bits per heavy atom. The SMILES string of the molecule is NCCCCCCCC[N+]1(CCS)CCCCC1.[Br-]. The molecule has 1 fully saturated rings. The predicted molar refractivity (Wildman–Crippen MR) is 84.2 cm³/mol. The molecule has 0 atom stereocenters. The van der Waals surface area contributed by atoms with E-state index in [9.17, 15) is 0 Å². The van der Waals surface area contributed by atoms with E-state index >= 15 is 0 Å². The third-order valence-corrected chi connectivity index (χ3v) is 4.63. The second kappa shape index (κ2) is 12.5. The summed E-state index contributed by atoms with van der Waals surface area (Å²) in [5, 5.41) is 0. The van der Waals surface area contributed by atoms with Crippen molar-refractivity contribution in [1.82, 2.24) is 0 Å². The van der Waals surface area contributed by atoms with Gasteiger partial charge in [0, 0.05) is 5.75 Å². The van der Waals surface area contributed by atoms with Crippen LogP contribution in [0.1, 0.15) is 57.8 Å². The van der Waals surface area contributed by atoms with Gasteiger partial charge in [-0.1, -0.05) is 19.3 Å². The van der Waals surface area contributed by atoms with Gasteiger partial charge >= 0.3 is 0 Å². The fraction of sp³-hybridized carbons (Fsp3) is 1.00. The van der Waals surface area contributed by atoms with Crippen molar-refractivity contribution in [3.05, 3.63) is 0 Å². The Kier molecular flexibility index (Phi) is 13.0. The summed E-state index contributed by atoms with van der Waals surface area (Å²) < 4.78 is 1.37. The fourth-order valence-electron chi connectivity index (χ4n) is 3.25. The molecule has 0 aromatic heterocycles. The zero-order chi connectivity index (χ0) is 13.1. The van der Waals surface area contributed by atoms with Crippen molar-refractivity contribution in [3.8, 4) is 0 Å². The summed E-state index contributed by atoms with van der Waals surface area (Å²) in [5.41, 5.74) is 5.51. The average Bonchev–Trinajstić information content (AvgIpc) is 2.39. The summed E-state index contributed by atoms with van der Waals surface area (Å²) in [4.78, 5) is 0. The number of rotatable bonds is 10. The number of hydrogen-bond acceptors (Lipinski definition) is 2. The quantitative estimate of drug-likeness (QED) is 0.328. The van der Waals surface area contributed by atoms with E-state index in [0.29, 0.717) is 0 Å². The van der Waals surface area contributed by atoms with Crippen LogP contribution in [0.4, 0.5) is 0 Å². The third-order valence-electron chi connectivity index (χ3n) is 4.43. The minimum Gasteiger partial charge on any atom is -1.00 e. The lowest BCUT2D eigenvalue weighted by atomic mass is 10.1. The zero-order valence-electron chi connectivity index (χ0n) is 12.5. The van der Waals surface area contributed by atoms with Crippen LogP contribution in [0.5, 0.6) is 0 Å². The number of halogens is 1. The number of quaternary nitrogens is 1. The maximum absolute atomic E-state index is 5.51. The number of likely N-dealkylation sites (tertiary alicyclic amines) is 1. The molecule has 0 radical (unpaired) electrons. The molecule has 1 saturated heterocycles. The molecule has 1 rings (SSSR count). The zero-order valence-corrected chi connectivity index (χ0v) is 14.9.